The van der Waals surface area contributed by atoms with E-state index in [2.05, 4.69) is 32.5 Å². The van der Waals surface area contributed by atoms with Crippen LogP contribution in [0.25, 0.3) is 11.3 Å². The van der Waals surface area contributed by atoms with Crippen LogP contribution in [0.4, 0.5) is 0 Å². The number of nitrogens with zero attached hydrogens (tertiary/aromatic N) is 2. The van der Waals surface area contributed by atoms with Crippen molar-refractivity contribution in [2.24, 2.45) is 10.9 Å². The van der Waals surface area contributed by atoms with Crippen molar-refractivity contribution in [1.29, 1.82) is 0 Å². The number of aromatic nitrogens is 2. The van der Waals surface area contributed by atoms with Gasteiger partial charge in [-0.05, 0) is 55.8 Å². The van der Waals surface area contributed by atoms with Gasteiger partial charge in [0.05, 0.1) is 5.69 Å². The number of rotatable bonds is 7. The highest BCUT2D eigenvalue weighted by Crippen LogP contribution is 2.35. The molecule has 2 bridgehead atoms. The molecule has 5 rings (SSSR count). The number of hydrogen-bond acceptors (Lipinski definition) is 5. The molecule has 7 nitrogen and oxygen atoms in total. The van der Waals surface area contributed by atoms with Gasteiger partial charge >= 0.3 is 0 Å². The molecule has 3 heterocycles. The first-order valence-corrected chi connectivity index (χ1v) is 10.6. The molecule has 1 amide bonds. The van der Waals surface area contributed by atoms with E-state index in [1.807, 2.05) is 54.6 Å². The average molecular weight is 415 g/mol. The molecule has 2 fully saturated rings. The number of benzene rings is 2. The average Bonchev–Trinajstić information content (AvgIpc) is 3.51. The fraction of sp³-hybridized carbons (Fsp3) is 0.292. The maximum atomic E-state index is 12.9. The second kappa shape index (κ2) is 8.35. The summed E-state index contributed by atoms with van der Waals surface area (Å²) in [7, 11) is 0. The predicted molar refractivity (Wildman–Crippen MR) is 120 cm³/mol. The van der Waals surface area contributed by atoms with Crippen molar-refractivity contribution in [3.05, 3.63) is 66.4 Å². The van der Waals surface area contributed by atoms with E-state index in [1.54, 1.807) is 6.07 Å². The molecule has 7 heteroatoms. The zero-order valence-electron chi connectivity index (χ0n) is 17.1. The molecule has 158 valence electrons. The molecule has 1 aromatic heterocycles. The third kappa shape index (κ3) is 3.96. The van der Waals surface area contributed by atoms with Gasteiger partial charge in [-0.15, -0.1) is 0 Å². The Hall–Kier alpha value is -3.45. The number of aromatic amines is 1. The van der Waals surface area contributed by atoms with Crippen molar-refractivity contribution in [3.63, 3.8) is 0 Å². The summed E-state index contributed by atoms with van der Waals surface area (Å²) in [6.07, 6.45) is 2.04. The zero-order chi connectivity index (χ0) is 21.2. The third-order valence-electron chi connectivity index (χ3n) is 6.13. The van der Waals surface area contributed by atoms with Gasteiger partial charge in [0.25, 0.3) is 5.91 Å². The Morgan fingerprint density at radius 3 is 2.77 bits per heavy atom. The summed E-state index contributed by atoms with van der Waals surface area (Å²) in [5.41, 5.74) is 1.92. The molecule has 0 saturated carbocycles. The molecule has 3 aromatic rings. The molecule has 0 spiro atoms. The number of fused-ring (bicyclic) bond motifs is 2. The van der Waals surface area contributed by atoms with Crippen molar-refractivity contribution in [2.75, 3.05) is 6.54 Å². The van der Waals surface area contributed by atoms with Crippen LogP contribution in [0.3, 0.4) is 0 Å². The number of nitrogens with one attached hydrogen (secondary N) is 3. The van der Waals surface area contributed by atoms with E-state index >= 15 is 0 Å². The van der Waals surface area contributed by atoms with Gasteiger partial charge in [0, 0.05) is 30.2 Å². The first-order chi connectivity index (χ1) is 15.2. The van der Waals surface area contributed by atoms with Crippen LogP contribution in [0.15, 0.2) is 65.7 Å². The lowest BCUT2D eigenvalue weighted by atomic mass is 9.85. The van der Waals surface area contributed by atoms with Crippen LogP contribution < -0.4 is 15.4 Å². The summed E-state index contributed by atoms with van der Waals surface area (Å²) < 4.78 is 6.03. The van der Waals surface area contributed by atoms with E-state index in [9.17, 15) is 4.79 Å². The third-order valence-corrected chi connectivity index (χ3v) is 6.13. The normalized spacial score (nSPS) is 24.1. The molecule has 2 aromatic carbocycles. The standard InChI is InChI=1S/C24H25N5O2/c1-25-14-15-11-16-12-20(23(15)26-16)27-24(30)21-13-19(28-29-21)18-9-5-6-10-22(18)31-17-7-3-2-4-8-17/h2-10,13,15-16,20,23,26H,1,11-12,14H2,(H,27,30)(H,28,29)/t15?,16-,20+,23+/m0/s1. The molecule has 0 radical (unpaired) electrons. The molecule has 1 unspecified atom stereocenters. The first-order valence-electron chi connectivity index (χ1n) is 10.6. The Morgan fingerprint density at radius 2 is 1.97 bits per heavy atom. The van der Waals surface area contributed by atoms with Gasteiger partial charge in [-0.1, -0.05) is 30.3 Å². The smallest absolute Gasteiger partial charge is 0.269 e. The minimum atomic E-state index is -0.148. The molecular weight excluding hydrogens is 390 g/mol. The highest BCUT2D eigenvalue weighted by Gasteiger charge is 2.46. The topological polar surface area (TPSA) is 91.4 Å². The van der Waals surface area contributed by atoms with Gasteiger partial charge in [-0.3, -0.25) is 9.89 Å². The van der Waals surface area contributed by atoms with Gasteiger partial charge in [0.1, 0.15) is 17.2 Å². The van der Waals surface area contributed by atoms with Gasteiger partial charge in [-0.2, -0.15) is 5.10 Å². The maximum absolute atomic E-state index is 12.9. The van der Waals surface area contributed by atoms with Gasteiger partial charge in [-0.25, -0.2) is 0 Å². The second-order valence-electron chi connectivity index (χ2n) is 8.19. The van der Waals surface area contributed by atoms with E-state index in [-0.39, 0.29) is 18.0 Å². The molecular formula is C24H25N5O2. The van der Waals surface area contributed by atoms with E-state index in [4.69, 9.17) is 4.74 Å². The van der Waals surface area contributed by atoms with Crippen LogP contribution in [-0.2, 0) is 0 Å². The zero-order valence-corrected chi connectivity index (χ0v) is 17.1. The van der Waals surface area contributed by atoms with Gasteiger partial charge < -0.3 is 20.4 Å². The van der Waals surface area contributed by atoms with Crippen molar-refractivity contribution >= 4 is 12.6 Å². The molecule has 2 saturated heterocycles. The molecule has 2 aliphatic rings. The lowest BCUT2D eigenvalue weighted by molar-refractivity contribution is 0.0920. The Labute approximate surface area is 180 Å². The van der Waals surface area contributed by atoms with Gasteiger partial charge in [0.15, 0.2) is 0 Å². The fourth-order valence-electron chi connectivity index (χ4n) is 4.76. The minimum absolute atomic E-state index is 0.0958. The maximum Gasteiger partial charge on any atom is 0.269 e. The van der Waals surface area contributed by atoms with Crippen LogP contribution >= 0.6 is 0 Å². The SMILES string of the molecule is C=NCC1C[C@H]2C[C@@H](NC(=O)c3cc(-c4ccccc4Oc4ccccc4)n[nH]3)[C@@H]1N2. The van der Waals surface area contributed by atoms with Crippen LogP contribution in [0.1, 0.15) is 23.3 Å². The minimum Gasteiger partial charge on any atom is -0.457 e. The number of amides is 1. The van der Waals surface area contributed by atoms with Crippen LogP contribution in [0, 0.1) is 5.92 Å². The highest BCUT2D eigenvalue weighted by molar-refractivity contribution is 5.93. The predicted octanol–water partition coefficient (Wildman–Crippen LogP) is 3.42. The first kappa shape index (κ1) is 19.5. The lowest BCUT2D eigenvalue weighted by Gasteiger charge is -2.27. The largest absolute Gasteiger partial charge is 0.457 e. The number of carbonyl (C=O) groups is 1. The molecule has 31 heavy (non-hydrogen) atoms. The van der Waals surface area contributed by atoms with Crippen LogP contribution in [0.2, 0.25) is 0 Å². The summed E-state index contributed by atoms with van der Waals surface area (Å²) >= 11 is 0. The summed E-state index contributed by atoms with van der Waals surface area (Å²) in [5, 5.41) is 14.0. The van der Waals surface area contributed by atoms with E-state index < -0.39 is 0 Å². The summed E-state index contributed by atoms with van der Waals surface area (Å²) in [4.78, 5) is 16.9. The number of aliphatic imine (C=N–C) groups is 1. The number of H-pyrrole nitrogens is 1. The van der Waals surface area contributed by atoms with Crippen molar-refractivity contribution < 1.29 is 9.53 Å². The Morgan fingerprint density at radius 1 is 1.16 bits per heavy atom. The Balaban J connectivity index is 1.31. The van der Waals surface area contributed by atoms with Crippen LogP contribution in [-0.4, -0.2) is 47.5 Å². The van der Waals surface area contributed by atoms with Crippen LogP contribution in [0.5, 0.6) is 11.5 Å². The Kier molecular flexibility index (Phi) is 5.26. The number of hydrogen-bond donors (Lipinski definition) is 3. The molecule has 2 aliphatic heterocycles. The van der Waals surface area contributed by atoms with E-state index in [0.29, 0.717) is 29.1 Å². The molecule has 3 N–H and O–H groups in total. The summed E-state index contributed by atoms with van der Waals surface area (Å²) in [5.74, 6) is 1.71. The monoisotopic (exact) mass is 415 g/mol. The number of carbonyl (C=O) groups excluding carboxylic acids is 1. The van der Waals surface area contributed by atoms with E-state index in [1.165, 1.54) is 0 Å². The van der Waals surface area contributed by atoms with Crippen molar-refractivity contribution in [3.8, 4) is 22.8 Å². The lowest BCUT2D eigenvalue weighted by Crippen LogP contribution is -2.47. The summed E-state index contributed by atoms with van der Waals surface area (Å²) in [6, 6.07) is 19.8. The number of ether oxygens (including phenoxy) is 1. The number of para-hydroxylation sites is 2. The van der Waals surface area contributed by atoms with Gasteiger partial charge in [0.2, 0.25) is 0 Å². The highest BCUT2D eigenvalue weighted by atomic mass is 16.5. The fourth-order valence-corrected chi connectivity index (χ4v) is 4.76. The second-order valence-corrected chi connectivity index (χ2v) is 8.19. The molecule has 4 atom stereocenters. The Bertz CT molecular complexity index is 1080. The molecule has 0 aliphatic carbocycles. The van der Waals surface area contributed by atoms with Crippen molar-refractivity contribution in [1.82, 2.24) is 20.8 Å². The van der Waals surface area contributed by atoms with E-state index in [0.717, 1.165) is 30.7 Å². The summed E-state index contributed by atoms with van der Waals surface area (Å²) in [6.45, 7) is 4.35. The quantitative estimate of drug-likeness (QED) is 0.516. The van der Waals surface area contributed by atoms with Crippen molar-refractivity contribution in [2.45, 2.75) is 31.0 Å².